The summed E-state index contributed by atoms with van der Waals surface area (Å²) < 4.78 is 0.951. The zero-order valence-electron chi connectivity index (χ0n) is 9.50. The lowest BCUT2D eigenvalue weighted by atomic mass is 10.0. The fourth-order valence-corrected chi connectivity index (χ4v) is 3.79. The minimum Gasteiger partial charge on any atom is -0.383 e. The summed E-state index contributed by atoms with van der Waals surface area (Å²) in [6, 6.07) is 7.60. The monoisotopic (exact) mass is 330 g/mol. The van der Waals surface area contributed by atoms with Crippen molar-refractivity contribution in [1.29, 1.82) is 0 Å². The van der Waals surface area contributed by atoms with E-state index in [1.807, 2.05) is 38.1 Å². The van der Waals surface area contributed by atoms with E-state index in [-0.39, 0.29) is 0 Å². The molecule has 1 unspecified atom stereocenters. The number of aliphatic hydroxyl groups excluding tert-OH is 1. The Balaban J connectivity index is 2.46. The van der Waals surface area contributed by atoms with Crippen LogP contribution in [0, 0.1) is 13.8 Å². The van der Waals surface area contributed by atoms with E-state index < -0.39 is 6.10 Å². The Labute approximate surface area is 118 Å². The summed E-state index contributed by atoms with van der Waals surface area (Å²) >= 11 is 11.0. The molecule has 0 radical (unpaired) electrons. The molecule has 1 nitrogen and oxygen atoms in total. The van der Waals surface area contributed by atoms with Crippen LogP contribution in [-0.2, 0) is 0 Å². The summed E-state index contributed by atoms with van der Waals surface area (Å²) in [5.74, 6) is 0. The third-order valence-corrected chi connectivity index (χ3v) is 4.88. The van der Waals surface area contributed by atoms with Gasteiger partial charge in [0.15, 0.2) is 0 Å². The molecule has 1 atom stereocenters. The number of benzene rings is 1. The van der Waals surface area contributed by atoms with E-state index in [4.69, 9.17) is 11.6 Å². The first-order chi connectivity index (χ1) is 7.99. The second-order valence-electron chi connectivity index (χ2n) is 3.97. The molecular weight excluding hydrogens is 320 g/mol. The molecule has 0 saturated heterocycles. The molecule has 0 aliphatic heterocycles. The molecule has 0 bridgehead atoms. The highest BCUT2D eigenvalue weighted by atomic mass is 79.9. The molecule has 1 N–H and O–H groups in total. The van der Waals surface area contributed by atoms with Gasteiger partial charge in [-0.25, -0.2) is 0 Å². The van der Waals surface area contributed by atoms with Crippen LogP contribution >= 0.6 is 38.9 Å². The molecule has 0 saturated carbocycles. The highest BCUT2D eigenvalue weighted by Crippen LogP contribution is 2.37. The largest absolute Gasteiger partial charge is 0.383 e. The number of rotatable bonds is 2. The maximum Gasteiger partial charge on any atom is 0.115 e. The molecule has 0 aliphatic carbocycles. The third-order valence-electron chi connectivity index (χ3n) is 2.62. The smallest absolute Gasteiger partial charge is 0.115 e. The first-order valence-corrected chi connectivity index (χ1v) is 7.17. The predicted octanol–water partition coefficient (Wildman–Crippen LogP) is 4.86. The maximum absolute atomic E-state index is 10.4. The number of halogens is 2. The molecule has 0 spiro atoms. The summed E-state index contributed by atoms with van der Waals surface area (Å²) in [5.41, 5.74) is 1.90. The average molecular weight is 332 g/mol. The van der Waals surface area contributed by atoms with E-state index >= 15 is 0 Å². The van der Waals surface area contributed by atoms with Crippen molar-refractivity contribution in [2.45, 2.75) is 20.0 Å². The number of aliphatic hydroxyl groups is 1. The van der Waals surface area contributed by atoms with E-state index in [0.29, 0.717) is 5.02 Å². The standard InChI is InChI=1S/C13H12BrClOS/c1-7-3-4-9(15)6-10(7)12(16)13-11(14)5-8(2)17-13/h3-6,12,16H,1-2H3. The molecule has 17 heavy (non-hydrogen) atoms. The maximum atomic E-state index is 10.4. The lowest BCUT2D eigenvalue weighted by Gasteiger charge is -2.13. The van der Waals surface area contributed by atoms with Crippen LogP contribution in [-0.4, -0.2) is 5.11 Å². The summed E-state index contributed by atoms with van der Waals surface area (Å²) in [4.78, 5) is 2.10. The SMILES string of the molecule is Cc1cc(Br)c(C(O)c2cc(Cl)ccc2C)s1. The van der Waals surface area contributed by atoms with Crippen LogP contribution in [0.2, 0.25) is 5.02 Å². The normalized spacial score (nSPS) is 12.8. The summed E-state index contributed by atoms with van der Waals surface area (Å²) in [6.45, 7) is 4.00. The minimum absolute atomic E-state index is 0.623. The summed E-state index contributed by atoms with van der Waals surface area (Å²) in [6.07, 6.45) is -0.623. The van der Waals surface area contributed by atoms with Crippen LogP contribution in [0.25, 0.3) is 0 Å². The van der Waals surface area contributed by atoms with Crippen molar-refractivity contribution >= 4 is 38.9 Å². The van der Waals surface area contributed by atoms with Crippen molar-refractivity contribution in [3.8, 4) is 0 Å². The van der Waals surface area contributed by atoms with Gasteiger partial charge in [-0.15, -0.1) is 11.3 Å². The van der Waals surface area contributed by atoms with Crippen LogP contribution in [0.3, 0.4) is 0 Å². The van der Waals surface area contributed by atoms with E-state index in [0.717, 1.165) is 20.5 Å². The van der Waals surface area contributed by atoms with E-state index in [2.05, 4.69) is 15.9 Å². The van der Waals surface area contributed by atoms with Crippen LogP contribution in [0.5, 0.6) is 0 Å². The predicted molar refractivity (Wildman–Crippen MR) is 77.0 cm³/mol. The van der Waals surface area contributed by atoms with Gasteiger partial charge in [0.2, 0.25) is 0 Å². The molecule has 1 aromatic heterocycles. The van der Waals surface area contributed by atoms with Crippen molar-refractivity contribution < 1.29 is 5.11 Å². The van der Waals surface area contributed by atoms with Crippen molar-refractivity contribution in [1.82, 2.24) is 0 Å². The molecular formula is C13H12BrClOS. The Morgan fingerprint density at radius 3 is 2.59 bits per heavy atom. The van der Waals surface area contributed by atoms with Gasteiger partial charge >= 0.3 is 0 Å². The quantitative estimate of drug-likeness (QED) is 0.833. The topological polar surface area (TPSA) is 20.2 Å². The van der Waals surface area contributed by atoms with Gasteiger partial charge in [0, 0.05) is 14.4 Å². The number of aryl methyl sites for hydroxylation is 2. The van der Waals surface area contributed by atoms with Gasteiger partial charge in [0.25, 0.3) is 0 Å². The fraction of sp³-hybridized carbons (Fsp3) is 0.231. The van der Waals surface area contributed by atoms with E-state index in [1.165, 1.54) is 4.88 Å². The van der Waals surface area contributed by atoms with Crippen molar-refractivity contribution in [3.05, 3.63) is 54.6 Å². The highest BCUT2D eigenvalue weighted by Gasteiger charge is 2.18. The van der Waals surface area contributed by atoms with Crippen molar-refractivity contribution in [2.24, 2.45) is 0 Å². The first kappa shape index (κ1) is 13.1. The lowest BCUT2D eigenvalue weighted by Crippen LogP contribution is -2.00. The third kappa shape index (κ3) is 2.74. The zero-order valence-corrected chi connectivity index (χ0v) is 12.7. The Kier molecular flexibility index (Phi) is 3.93. The molecule has 1 heterocycles. The fourth-order valence-electron chi connectivity index (χ4n) is 1.73. The van der Waals surface area contributed by atoms with Crippen molar-refractivity contribution in [3.63, 3.8) is 0 Å². The number of hydrogen-bond donors (Lipinski definition) is 1. The number of thiophene rings is 1. The van der Waals surface area contributed by atoms with Gasteiger partial charge in [0.05, 0.1) is 4.88 Å². The Hall–Kier alpha value is -0.350. The van der Waals surface area contributed by atoms with Gasteiger partial charge in [-0.1, -0.05) is 17.7 Å². The minimum atomic E-state index is -0.623. The molecule has 0 fully saturated rings. The highest BCUT2D eigenvalue weighted by molar-refractivity contribution is 9.10. The zero-order chi connectivity index (χ0) is 12.6. The lowest BCUT2D eigenvalue weighted by molar-refractivity contribution is 0.222. The van der Waals surface area contributed by atoms with Gasteiger partial charge in [0.1, 0.15) is 6.10 Å². The van der Waals surface area contributed by atoms with Gasteiger partial charge in [-0.3, -0.25) is 0 Å². The van der Waals surface area contributed by atoms with Gasteiger partial charge in [-0.2, -0.15) is 0 Å². The van der Waals surface area contributed by atoms with E-state index in [9.17, 15) is 5.11 Å². The Morgan fingerprint density at radius 2 is 2.00 bits per heavy atom. The number of hydrogen-bond acceptors (Lipinski definition) is 2. The van der Waals surface area contributed by atoms with Gasteiger partial charge in [-0.05, 0) is 59.1 Å². The molecule has 4 heteroatoms. The molecule has 2 aromatic rings. The molecule has 0 amide bonds. The second-order valence-corrected chi connectivity index (χ2v) is 6.55. The molecule has 90 valence electrons. The van der Waals surface area contributed by atoms with E-state index in [1.54, 1.807) is 11.3 Å². The Bertz CT molecular complexity index is 550. The average Bonchev–Trinajstić information content (AvgIpc) is 2.60. The first-order valence-electron chi connectivity index (χ1n) is 5.19. The second kappa shape index (κ2) is 5.11. The molecule has 2 rings (SSSR count). The summed E-state index contributed by atoms with van der Waals surface area (Å²) in [5, 5.41) is 11.1. The van der Waals surface area contributed by atoms with Gasteiger partial charge < -0.3 is 5.11 Å². The Morgan fingerprint density at radius 1 is 1.29 bits per heavy atom. The summed E-state index contributed by atoms with van der Waals surface area (Å²) in [7, 11) is 0. The molecule has 0 aliphatic rings. The van der Waals surface area contributed by atoms with Crippen molar-refractivity contribution in [2.75, 3.05) is 0 Å². The van der Waals surface area contributed by atoms with Crippen LogP contribution in [0.15, 0.2) is 28.7 Å². The molecule has 1 aromatic carbocycles. The van der Waals surface area contributed by atoms with Crippen LogP contribution in [0.1, 0.15) is 27.0 Å². The van der Waals surface area contributed by atoms with Crippen LogP contribution < -0.4 is 0 Å². The van der Waals surface area contributed by atoms with Crippen LogP contribution in [0.4, 0.5) is 0 Å².